The van der Waals surface area contributed by atoms with Crippen molar-refractivity contribution < 1.29 is 14.3 Å². The quantitative estimate of drug-likeness (QED) is 0.861. The van der Waals surface area contributed by atoms with Gasteiger partial charge in [-0.05, 0) is 25.1 Å². The van der Waals surface area contributed by atoms with Gasteiger partial charge in [0, 0.05) is 24.5 Å². The number of aryl methyl sites for hydroxylation is 1. The lowest BCUT2D eigenvalue weighted by atomic mass is 10.1. The number of ether oxygens (including phenoxy) is 2. The van der Waals surface area contributed by atoms with E-state index in [2.05, 4.69) is 0 Å². The number of amides is 1. The summed E-state index contributed by atoms with van der Waals surface area (Å²) in [6.45, 7) is 2.15. The standard InChI is InChI=1S/C16H16N2O3/c1-10-3-5-11(6-4-10)18(2)16(19)12-7-14-15(8-13(12)17)21-9-20-14/h3-8H,9,17H2,1-2H3. The molecule has 108 valence electrons. The maximum Gasteiger partial charge on any atom is 0.260 e. The third-order valence-corrected chi connectivity index (χ3v) is 3.50. The smallest absolute Gasteiger partial charge is 0.260 e. The van der Waals surface area contributed by atoms with Gasteiger partial charge in [-0.15, -0.1) is 0 Å². The van der Waals surface area contributed by atoms with Crippen molar-refractivity contribution in [3.8, 4) is 11.5 Å². The summed E-state index contributed by atoms with van der Waals surface area (Å²) in [6, 6.07) is 11.0. The van der Waals surface area contributed by atoms with Gasteiger partial charge in [0.15, 0.2) is 11.5 Å². The fourth-order valence-electron chi connectivity index (χ4n) is 2.21. The van der Waals surface area contributed by atoms with Crippen molar-refractivity contribution in [1.29, 1.82) is 0 Å². The molecule has 1 aliphatic heterocycles. The van der Waals surface area contributed by atoms with Crippen LogP contribution in [0.4, 0.5) is 11.4 Å². The molecule has 2 aromatic rings. The Kier molecular flexibility index (Phi) is 3.17. The minimum atomic E-state index is -0.186. The first kappa shape index (κ1) is 13.3. The van der Waals surface area contributed by atoms with Crippen molar-refractivity contribution in [2.24, 2.45) is 0 Å². The van der Waals surface area contributed by atoms with Gasteiger partial charge < -0.3 is 20.1 Å². The number of anilines is 2. The van der Waals surface area contributed by atoms with Crippen LogP contribution in [0.5, 0.6) is 11.5 Å². The molecule has 0 atom stereocenters. The molecular formula is C16H16N2O3. The number of carbonyl (C=O) groups excluding carboxylic acids is 1. The van der Waals surface area contributed by atoms with Crippen molar-refractivity contribution >= 4 is 17.3 Å². The Hall–Kier alpha value is -2.69. The normalized spacial score (nSPS) is 12.3. The van der Waals surface area contributed by atoms with Crippen LogP contribution in [-0.2, 0) is 0 Å². The lowest BCUT2D eigenvalue weighted by Crippen LogP contribution is -2.27. The van der Waals surface area contributed by atoms with Crippen molar-refractivity contribution in [3.05, 3.63) is 47.5 Å². The average Bonchev–Trinajstić information content (AvgIpc) is 2.93. The second-order valence-corrected chi connectivity index (χ2v) is 4.99. The zero-order valence-corrected chi connectivity index (χ0v) is 11.9. The molecule has 0 saturated carbocycles. The van der Waals surface area contributed by atoms with Gasteiger partial charge >= 0.3 is 0 Å². The van der Waals surface area contributed by atoms with E-state index in [9.17, 15) is 4.79 Å². The number of nitrogen functional groups attached to an aromatic ring is 1. The minimum Gasteiger partial charge on any atom is -0.454 e. The lowest BCUT2D eigenvalue weighted by Gasteiger charge is -2.18. The summed E-state index contributed by atoms with van der Waals surface area (Å²) in [7, 11) is 1.72. The van der Waals surface area contributed by atoms with E-state index in [1.54, 1.807) is 24.1 Å². The summed E-state index contributed by atoms with van der Waals surface area (Å²) in [5, 5.41) is 0. The molecule has 0 aromatic heterocycles. The molecule has 2 N–H and O–H groups in total. The number of benzene rings is 2. The number of nitrogens with zero attached hydrogens (tertiary/aromatic N) is 1. The highest BCUT2D eigenvalue weighted by molar-refractivity contribution is 6.09. The fourth-order valence-corrected chi connectivity index (χ4v) is 2.21. The molecule has 2 aromatic carbocycles. The highest BCUT2D eigenvalue weighted by atomic mass is 16.7. The molecule has 0 bridgehead atoms. The number of hydrogen-bond donors (Lipinski definition) is 1. The molecule has 0 spiro atoms. The van der Waals surface area contributed by atoms with Crippen LogP contribution in [0.3, 0.4) is 0 Å². The Morgan fingerprint density at radius 3 is 2.43 bits per heavy atom. The van der Waals surface area contributed by atoms with E-state index in [1.165, 1.54) is 0 Å². The van der Waals surface area contributed by atoms with Gasteiger partial charge in [-0.1, -0.05) is 17.7 Å². The second kappa shape index (κ2) is 5.01. The topological polar surface area (TPSA) is 64.8 Å². The van der Waals surface area contributed by atoms with Gasteiger partial charge in [-0.2, -0.15) is 0 Å². The largest absolute Gasteiger partial charge is 0.454 e. The first-order valence-electron chi connectivity index (χ1n) is 6.60. The Labute approximate surface area is 122 Å². The first-order valence-corrected chi connectivity index (χ1v) is 6.60. The SMILES string of the molecule is Cc1ccc(N(C)C(=O)c2cc3c(cc2N)OCO3)cc1. The Bertz CT molecular complexity index is 695. The monoisotopic (exact) mass is 284 g/mol. The van der Waals surface area contributed by atoms with Crippen molar-refractivity contribution in [3.63, 3.8) is 0 Å². The van der Waals surface area contributed by atoms with Crippen LogP contribution >= 0.6 is 0 Å². The van der Waals surface area contributed by atoms with Crippen molar-refractivity contribution in [1.82, 2.24) is 0 Å². The number of nitrogens with two attached hydrogens (primary N) is 1. The van der Waals surface area contributed by atoms with Crippen LogP contribution in [0.15, 0.2) is 36.4 Å². The van der Waals surface area contributed by atoms with Gasteiger partial charge in [-0.3, -0.25) is 4.79 Å². The highest BCUT2D eigenvalue weighted by Crippen LogP contribution is 2.36. The summed E-state index contributed by atoms with van der Waals surface area (Å²) in [4.78, 5) is 14.2. The van der Waals surface area contributed by atoms with Crippen molar-refractivity contribution in [2.45, 2.75) is 6.92 Å². The van der Waals surface area contributed by atoms with Gasteiger partial charge in [0.25, 0.3) is 5.91 Å². The first-order chi connectivity index (χ1) is 10.1. The van der Waals surface area contributed by atoms with Crippen LogP contribution in [0.25, 0.3) is 0 Å². The van der Waals surface area contributed by atoms with Crippen LogP contribution in [0, 0.1) is 6.92 Å². The number of fused-ring (bicyclic) bond motifs is 1. The fraction of sp³-hybridized carbons (Fsp3) is 0.188. The van der Waals surface area contributed by atoms with Gasteiger partial charge in [0.2, 0.25) is 6.79 Å². The molecular weight excluding hydrogens is 268 g/mol. The van der Waals surface area contributed by atoms with E-state index >= 15 is 0 Å². The average molecular weight is 284 g/mol. The maximum absolute atomic E-state index is 12.6. The van der Waals surface area contributed by atoms with Crippen molar-refractivity contribution in [2.75, 3.05) is 24.5 Å². The maximum atomic E-state index is 12.6. The molecule has 3 rings (SSSR count). The lowest BCUT2D eigenvalue weighted by molar-refractivity contribution is 0.0993. The van der Waals surface area contributed by atoms with Crippen LogP contribution in [-0.4, -0.2) is 19.7 Å². The third kappa shape index (κ3) is 2.38. The summed E-state index contributed by atoms with van der Waals surface area (Å²) in [5.74, 6) is 0.932. The molecule has 5 nitrogen and oxygen atoms in total. The van der Waals surface area contributed by atoms with Gasteiger partial charge in [0.05, 0.1) is 5.56 Å². The van der Waals surface area contributed by atoms with Crippen LogP contribution < -0.4 is 20.1 Å². The molecule has 0 unspecified atom stereocenters. The predicted octanol–water partition coefficient (Wildman–Crippen LogP) is 2.58. The van der Waals surface area contributed by atoms with Crippen LogP contribution in [0.2, 0.25) is 0 Å². The molecule has 0 saturated heterocycles. The van der Waals surface area contributed by atoms with Gasteiger partial charge in [0.1, 0.15) is 0 Å². The second-order valence-electron chi connectivity index (χ2n) is 4.99. The molecule has 1 heterocycles. The van der Waals surface area contributed by atoms with Gasteiger partial charge in [-0.25, -0.2) is 0 Å². The number of rotatable bonds is 2. The number of carbonyl (C=O) groups is 1. The summed E-state index contributed by atoms with van der Waals surface area (Å²) in [5.41, 5.74) is 8.68. The Morgan fingerprint density at radius 2 is 1.76 bits per heavy atom. The zero-order chi connectivity index (χ0) is 15.0. The molecule has 0 fully saturated rings. The Balaban J connectivity index is 1.93. The van der Waals surface area contributed by atoms with E-state index in [4.69, 9.17) is 15.2 Å². The molecule has 1 amide bonds. The van der Waals surface area contributed by atoms with Crippen LogP contribution in [0.1, 0.15) is 15.9 Å². The van der Waals surface area contributed by atoms with E-state index < -0.39 is 0 Å². The predicted molar refractivity (Wildman–Crippen MR) is 80.9 cm³/mol. The Morgan fingerprint density at radius 1 is 1.14 bits per heavy atom. The third-order valence-electron chi connectivity index (χ3n) is 3.50. The van der Waals surface area contributed by atoms with E-state index in [0.29, 0.717) is 22.7 Å². The summed E-state index contributed by atoms with van der Waals surface area (Å²) < 4.78 is 10.5. The summed E-state index contributed by atoms with van der Waals surface area (Å²) in [6.07, 6.45) is 0. The molecule has 5 heteroatoms. The highest BCUT2D eigenvalue weighted by Gasteiger charge is 2.22. The summed E-state index contributed by atoms with van der Waals surface area (Å²) >= 11 is 0. The molecule has 0 aliphatic carbocycles. The van der Waals surface area contributed by atoms with E-state index in [-0.39, 0.29) is 12.7 Å². The number of hydrogen-bond acceptors (Lipinski definition) is 4. The molecule has 0 radical (unpaired) electrons. The minimum absolute atomic E-state index is 0.153. The van der Waals surface area contributed by atoms with E-state index in [0.717, 1.165) is 11.3 Å². The molecule has 21 heavy (non-hydrogen) atoms. The van der Waals surface area contributed by atoms with E-state index in [1.807, 2.05) is 31.2 Å². The molecule has 1 aliphatic rings. The zero-order valence-electron chi connectivity index (χ0n) is 11.9.